The molecule has 4 nitrogen and oxygen atoms in total. The molecule has 0 aliphatic heterocycles. The lowest BCUT2D eigenvalue weighted by atomic mass is 10.2. The van der Waals surface area contributed by atoms with Gasteiger partial charge in [-0.15, -0.1) is 23.1 Å². The fraction of sp³-hybridized carbons (Fsp3) is 0.143. The highest BCUT2D eigenvalue weighted by molar-refractivity contribution is 8.00. The minimum absolute atomic E-state index is 0.311. The molecule has 0 aliphatic rings. The van der Waals surface area contributed by atoms with Crippen molar-refractivity contribution >= 4 is 39.8 Å². The predicted molar refractivity (Wildman–Crippen MR) is 84.6 cm³/mol. The van der Waals surface area contributed by atoms with Crippen LogP contribution in [0.15, 0.2) is 34.5 Å². The number of rotatable bonds is 3. The highest BCUT2D eigenvalue weighted by atomic mass is 32.2. The van der Waals surface area contributed by atoms with Crippen LogP contribution >= 0.6 is 23.1 Å². The Balaban J connectivity index is 2.05. The highest BCUT2D eigenvalue weighted by Crippen LogP contribution is 2.33. The first-order valence-corrected chi connectivity index (χ1v) is 7.89. The molecule has 1 aromatic carbocycles. The van der Waals surface area contributed by atoms with Crippen molar-refractivity contribution in [1.82, 2.24) is 0 Å². The van der Waals surface area contributed by atoms with Gasteiger partial charge in [0, 0.05) is 5.69 Å². The van der Waals surface area contributed by atoms with E-state index in [0.717, 1.165) is 15.5 Å². The highest BCUT2D eigenvalue weighted by Gasteiger charge is 2.10. The van der Waals surface area contributed by atoms with E-state index in [0.29, 0.717) is 10.6 Å². The second-order valence-electron chi connectivity index (χ2n) is 4.08. The number of urea groups is 1. The van der Waals surface area contributed by atoms with Crippen molar-refractivity contribution in [2.24, 2.45) is 0 Å². The number of thioether (sulfide) groups is 1. The second-order valence-corrected chi connectivity index (χ2v) is 6.20. The molecule has 1 heterocycles. The first-order valence-electron chi connectivity index (χ1n) is 5.85. The van der Waals surface area contributed by atoms with E-state index in [9.17, 15) is 4.79 Å². The minimum Gasteiger partial charge on any atom is -0.308 e. The molecule has 1 aromatic heterocycles. The van der Waals surface area contributed by atoms with Crippen molar-refractivity contribution in [3.8, 4) is 6.07 Å². The van der Waals surface area contributed by atoms with Gasteiger partial charge in [-0.05, 0) is 36.9 Å². The van der Waals surface area contributed by atoms with Crippen LogP contribution in [0.5, 0.6) is 0 Å². The third-order valence-corrected chi connectivity index (χ3v) is 4.70. The number of carbonyl (C=O) groups is 1. The summed E-state index contributed by atoms with van der Waals surface area (Å²) in [6.07, 6.45) is 1.91. The molecule has 0 saturated carbocycles. The summed E-state index contributed by atoms with van der Waals surface area (Å²) in [7, 11) is 0. The molecule has 2 N–H and O–H groups in total. The Morgan fingerprint density at radius 2 is 2.15 bits per heavy atom. The normalized spacial score (nSPS) is 9.85. The zero-order valence-corrected chi connectivity index (χ0v) is 12.7. The Morgan fingerprint density at radius 1 is 1.35 bits per heavy atom. The molecule has 0 spiro atoms. The van der Waals surface area contributed by atoms with Gasteiger partial charge in [0.05, 0.1) is 14.8 Å². The average Bonchev–Trinajstić information content (AvgIpc) is 2.80. The van der Waals surface area contributed by atoms with Gasteiger partial charge >= 0.3 is 6.03 Å². The SMILES string of the molecule is CSc1sc(NC(=O)Nc2cccc(C)c2)cc1C#N. The van der Waals surface area contributed by atoms with Crippen molar-refractivity contribution in [1.29, 1.82) is 5.26 Å². The largest absolute Gasteiger partial charge is 0.324 e. The number of nitrogens with one attached hydrogen (secondary N) is 2. The molecule has 0 unspecified atom stereocenters. The lowest BCUT2D eigenvalue weighted by Gasteiger charge is -2.06. The van der Waals surface area contributed by atoms with Crippen LogP contribution in [0.4, 0.5) is 15.5 Å². The third kappa shape index (κ3) is 3.53. The zero-order chi connectivity index (χ0) is 14.5. The molecule has 0 fully saturated rings. The van der Waals surface area contributed by atoms with E-state index in [-0.39, 0.29) is 6.03 Å². The molecular formula is C14H13N3OS2. The standard InChI is InChI=1S/C14H13N3OS2/c1-9-4-3-5-11(6-9)16-14(18)17-12-7-10(8-15)13(19-2)20-12/h3-7H,1-2H3,(H2,16,17,18). The number of nitriles is 1. The number of benzene rings is 1. The number of amides is 2. The molecule has 2 aromatic rings. The molecular weight excluding hydrogens is 290 g/mol. The van der Waals surface area contributed by atoms with Crippen LogP contribution in [0.3, 0.4) is 0 Å². The van der Waals surface area contributed by atoms with Crippen molar-refractivity contribution in [3.63, 3.8) is 0 Å². The first-order chi connectivity index (χ1) is 9.62. The van der Waals surface area contributed by atoms with Crippen molar-refractivity contribution in [2.45, 2.75) is 11.1 Å². The summed E-state index contributed by atoms with van der Waals surface area (Å²) in [5, 5.41) is 15.1. The van der Waals surface area contributed by atoms with Crippen LogP contribution in [0, 0.1) is 18.3 Å². The maximum absolute atomic E-state index is 11.9. The van der Waals surface area contributed by atoms with E-state index in [1.807, 2.05) is 37.4 Å². The number of carbonyl (C=O) groups excluding carboxylic acids is 1. The molecule has 2 rings (SSSR count). The molecule has 2 amide bonds. The Kier molecular flexibility index (Phi) is 4.66. The summed E-state index contributed by atoms with van der Waals surface area (Å²) in [5.41, 5.74) is 2.41. The smallest absolute Gasteiger partial charge is 0.308 e. The number of aryl methyl sites for hydroxylation is 1. The molecule has 0 radical (unpaired) electrons. The van der Waals surface area contributed by atoms with Crippen LogP contribution in [0.2, 0.25) is 0 Å². The van der Waals surface area contributed by atoms with Gasteiger partial charge in [0.1, 0.15) is 6.07 Å². The molecule has 6 heteroatoms. The summed E-state index contributed by atoms with van der Waals surface area (Å²) in [4.78, 5) is 11.9. The number of anilines is 2. The van der Waals surface area contributed by atoms with Crippen molar-refractivity contribution < 1.29 is 4.79 Å². The lowest BCUT2D eigenvalue weighted by molar-refractivity contribution is 0.262. The van der Waals surface area contributed by atoms with E-state index in [4.69, 9.17) is 5.26 Å². The monoisotopic (exact) mass is 303 g/mol. The van der Waals surface area contributed by atoms with Gasteiger partial charge in [-0.1, -0.05) is 12.1 Å². The molecule has 102 valence electrons. The zero-order valence-electron chi connectivity index (χ0n) is 11.1. The van der Waals surface area contributed by atoms with Gasteiger partial charge in [0.2, 0.25) is 0 Å². The molecule has 0 atom stereocenters. The predicted octanol–water partition coefficient (Wildman–Crippen LogP) is 4.29. The molecule has 0 saturated heterocycles. The van der Waals surface area contributed by atoms with Crippen molar-refractivity contribution in [2.75, 3.05) is 16.9 Å². The van der Waals surface area contributed by atoms with E-state index in [1.165, 1.54) is 23.1 Å². The van der Waals surface area contributed by atoms with Gasteiger partial charge in [0.25, 0.3) is 0 Å². The van der Waals surface area contributed by atoms with Gasteiger partial charge < -0.3 is 5.32 Å². The van der Waals surface area contributed by atoms with Crippen LogP contribution in [-0.4, -0.2) is 12.3 Å². The molecule has 20 heavy (non-hydrogen) atoms. The quantitative estimate of drug-likeness (QED) is 0.831. The summed E-state index contributed by atoms with van der Waals surface area (Å²) >= 11 is 2.89. The number of hydrogen-bond acceptors (Lipinski definition) is 4. The van der Waals surface area contributed by atoms with Gasteiger partial charge in [0.15, 0.2) is 0 Å². The summed E-state index contributed by atoms with van der Waals surface area (Å²) in [6, 6.07) is 11.1. The third-order valence-electron chi connectivity index (χ3n) is 2.52. The number of nitrogens with zero attached hydrogens (tertiary/aromatic N) is 1. The summed E-state index contributed by atoms with van der Waals surface area (Å²) < 4.78 is 0.901. The van der Waals surface area contributed by atoms with Gasteiger partial charge in [-0.25, -0.2) is 4.79 Å². The van der Waals surface area contributed by atoms with Gasteiger partial charge in [-0.2, -0.15) is 5.26 Å². The van der Waals surface area contributed by atoms with E-state index >= 15 is 0 Å². The fourth-order valence-electron chi connectivity index (χ4n) is 1.66. The molecule has 0 aliphatic carbocycles. The van der Waals surface area contributed by atoms with Crippen LogP contribution < -0.4 is 10.6 Å². The Labute approximate surface area is 125 Å². The Bertz CT molecular complexity index is 673. The van der Waals surface area contributed by atoms with E-state index in [2.05, 4.69) is 16.7 Å². The van der Waals surface area contributed by atoms with Crippen LogP contribution in [0.1, 0.15) is 11.1 Å². The average molecular weight is 303 g/mol. The summed E-state index contributed by atoms with van der Waals surface area (Å²) in [6.45, 7) is 1.96. The number of thiophene rings is 1. The summed E-state index contributed by atoms with van der Waals surface area (Å²) in [5.74, 6) is 0. The maximum atomic E-state index is 11.9. The number of hydrogen-bond donors (Lipinski definition) is 2. The second kappa shape index (κ2) is 6.46. The fourth-order valence-corrected chi connectivity index (χ4v) is 3.32. The van der Waals surface area contributed by atoms with Gasteiger partial charge in [-0.3, -0.25) is 5.32 Å². The topological polar surface area (TPSA) is 64.9 Å². The van der Waals surface area contributed by atoms with Crippen LogP contribution in [0.25, 0.3) is 0 Å². The van der Waals surface area contributed by atoms with Crippen molar-refractivity contribution in [3.05, 3.63) is 41.5 Å². The lowest BCUT2D eigenvalue weighted by Crippen LogP contribution is -2.18. The first kappa shape index (κ1) is 14.4. The van der Waals surface area contributed by atoms with Crippen LogP contribution in [-0.2, 0) is 0 Å². The Morgan fingerprint density at radius 3 is 2.75 bits per heavy atom. The minimum atomic E-state index is -0.311. The molecule has 0 bridgehead atoms. The maximum Gasteiger partial charge on any atom is 0.324 e. The van der Waals surface area contributed by atoms with E-state index in [1.54, 1.807) is 6.07 Å². The Hall–Kier alpha value is -1.97. The van der Waals surface area contributed by atoms with E-state index < -0.39 is 0 Å².